The summed E-state index contributed by atoms with van der Waals surface area (Å²) in [4.78, 5) is 19.2. The lowest BCUT2D eigenvalue weighted by Crippen LogP contribution is -2.38. The molecule has 1 N–H and O–H groups in total. The van der Waals surface area contributed by atoms with E-state index in [9.17, 15) is 4.79 Å². The maximum absolute atomic E-state index is 12.8. The number of carbonyl (C=O) groups excluding carboxylic acids is 1. The van der Waals surface area contributed by atoms with Crippen LogP contribution in [0.25, 0.3) is 10.8 Å². The number of nitrogens with one attached hydrogen (secondary N) is 1. The summed E-state index contributed by atoms with van der Waals surface area (Å²) in [5.74, 6) is 0.0270. The number of hydrogen-bond acceptors (Lipinski definition) is 4. The summed E-state index contributed by atoms with van der Waals surface area (Å²) in [6.07, 6.45) is 5.93. The molecule has 0 unspecified atom stereocenters. The first-order valence-electron chi connectivity index (χ1n) is 9.20. The number of benzene rings is 2. The molecular formula is C21H23N3OS. The number of thiazole rings is 1. The molecule has 0 radical (unpaired) electrons. The van der Waals surface area contributed by atoms with Gasteiger partial charge in [-0.3, -0.25) is 4.79 Å². The van der Waals surface area contributed by atoms with Crippen molar-refractivity contribution >= 4 is 38.8 Å². The molecule has 0 aliphatic heterocycles. The molecule has 1 aliphatic rings. The molecule has 1 fully saturated rings. The molecule has 2 aromatic carbocycles. The van der Waals surface area contributed by atoms with Gasteiger partial charge in [-0.15, -0.1) is 11.3 Å². The quantitative estimate of drug-likeness (QED) is 0.669. The predicted octanol–water partition coefficient (Wildman–Crippen LogP) is 5.44. The number of carbonyl (C=O) groups is 1. The van der Waals surface area contributed by atoms with Crippen molar-refractivity contribution in [2.24, 2.45) is 0 Å². The van der Waals surface area contributed by atoms with Gasteiger partial charge in [0.2, 0.25) is 0 Å². The van der Waals surface area contributed by atoms with Crippen molar-refractivity contribution in [2.75, 3.05) is 12.4 Å². The average molecular weight is 366 g/mol. The van der Waals surface area contributed by atoms with Crippen LogP contribution in [-0.4, -0.2) is 28.9 Å². The van der Waals surface area contributed by atoms with E-state index >= 15 is 0 Å². The second-order valence-corrected chi connectivity index (χ2v) is 7.76. The molecule has 1 saturated carbocycles. The number of aromatic nitrogens is 1. The maximum atomic E-state index is 12.8. The van der Waals surface area contributed by atoms with Crippen molar-refractivity contribution in [3.05, 3.63) is 53.5 Å². The van der Waals surface area contributed by atoms with Crippen LogP contribution in [0.15, 0.2) is 47.8 Å². The molecule has 0 atom stereocenters. The monoisotopic (exact) mass is 365 g/mol. The van der Waals surface area contributed by atoms with Gasteiger partial charge in [0.15, 0.2) is 5.13 Å². The van der Waals surface area contributed by atoms with Gasteiger partial charge < -0.3 is 10.2 Å². The van der Waals surface area contributed by atoms with Gasteiger partial charge in [0.1, 0.15) is 5.69 Å². The van der Waals surface area contributed by atoms with Crippen LogP contribution in [-0.2, 0) is 0 Å². The number of rotatable bonds is 4. The molecule has 3 aromatic rings. The number of nitrogens with zero attached hydrogens (tertiary/aromatic N) is 2. The van der Waals surface area contributed by atoms with Crippen molar-refractivity contribution in [1.29, 1.82) is 0 Å². The lowest BCUT2D eigenvalue weighted by Gasteiger charge is -2.30. The second-order valence-electron chi connectivity index (χ2n) is 6.90. The van der Waals surface area contributed by atoms with E-state index in [1.807, 2.05) is 41.6 Å². The lowest BCUT2D eigenvalue weighted by molar-refractivity contribution is 0.0691. The van der Waals surface area contributed by atoms with E-state index in [1.54, 1.807) is 0 Å². The summed E-state index contributed by atoms with van der Waals surface area (Å²) in [5.41, 5.74) is 1.54. The summed E-state index contributed by atoms with van der Waals surface area (Å²) in [5, 5.41) is 8.32. The zero-order chi connectivity index (χ0) is 17.9. The van der Waals surface area contributed by atoms with Gasteiger partial charge >= 0.3 is 0 Å². The Bertz CT molecular complexity index is 909. The molecule has 4 nitrogen and oxygen atoms in total. The van der Waals surface area contributed by atoms with E-state index in [0.717, 1.165) is 29.0 Å². The fraction of sp³-hybridized carbons (Fsp3) is 0.333. The van der Waals surface area contributed by atoms with Crippen LogP contribution in [0.1, 0.15) is 42.6 Å². The molecule has 1 amide bonds. The van der Waals surface area contributed by atoms with Gasteiger partial charge in [-0.2, -0.15) is 0 Å². The Morgan fingerprint density at radius 1 is 1.12 bits per heavy atom. The van der Waals surface area contributed by atoms with E-state index in [2.05, 4.69) is 28.5 Å². The molecule has 0 bridgehead atoms. The standard InChI is InChI=1S/C21H23N3OS/c1-24(16-10-3-2-4-11-16)20(25)19-14-26-21(23-19)22-18-13-7-9-15-8-5-6-12-17(15)18/h5-9,12-14,16H,2-4,10-11H2,1H3,(H,22,23). The van der Waals surface area contributed by atoms with Gasteiger partial charge in [0.05, 0.1) is 0 Å². The Hall–Kier alpha value is -2.40. The topological polar surface area (TPSA) is 45.2 Å². The first kappa shape index (κ1) is 17.0. The second kappa shape index (κ2) is 7.46. The van der Waals surface area contributed by atoms with E-state index < -0.39 is 0 Å². The van der Waals surface area contributed by atoms with Gasteiger partial charge in [-0.1, -0.05) is 55.7 Å². The van der Waals surface area contributed by atoms with Crippen molar-refractivity contribution in [3.8, 4) is 0 Å². The summed E-state index contributed by atoms with van der Waals surface area (Å²) in [7, 11) is 1.91. The van der Waals surface area contributed by atoms with E-state index in [0.29, 0.717) is 11.7 Å². The van der Waals surface area contributed by atoms with Gasteiger partial charge in [0.25, 0.3) is 5.91 Å². The minimum Gasteiger partial charge on any atom is -0.337 e. The minimum absolute atomic E-state index is 0.0270. The zero-order valence-corrected chi connectivity index (χ0v) is 15.8. The zero-order valence-electron chi connectivity index (χ0n) is 14.9. The fourth-order valence-corrected chi connectivity index (χ4v) is 4.39. The molecule has 0 saturated heterocycles. The number of hydrogen-bond donors (Lipinski definition) is 1. The molecule has 1 heterocycles. The van der Waals surface area contributed by atoms with Crippen LogP contribution in [0.3, 0.4) is 0 Å². The van der Waals surface area contributed by atoms with E-state index in [1.165, 1.54) is 36.0 Å². The Morgan fingerprint density at radius 2 is 1.88 bits per heavy atom. The third-order valence-corrected chi connectivity index (χ3v) is 5.96. The van der Waals surface area contributed by atoms with E-state index in [4.69, 9.17) is 0 Å². The smallest absolute Gasteiger partial charge is 0.273 e. The summed E-state index contributed by atoms with van der Waals surface area (Å²) >= 11 is 1.48. The van der Waals surface area contributed by atoms with Crippen LogP contribution in [0.4, 0.5) is 10.8 Å². The molecule has 1 aliphatic carbocycles. The Kier molecular flexibility index (Phi) is 4.89. The largest absolute Gasteiger partial charge is 0.337 e. The number of fused-ring (bicyclic) bond motifs is 1. The molecule has 0 spiro atoms. The minimum atomic E-state index is 0.0270. The van der Waals surface area contributed by atoms with Crippen LogP contribution in [0.5, 0.6) is 0 Å². The molecule has 134 valence electrons. The van der Waals surface area contributed by atoms with Crippen molar-refractivity contribution in [1.82, 2.24) is 9.88 Å². The number of anilines is 2. The van der Waals surface area contributed by atoms with E-state index in [-0.39, 0.29) is 5.91 Å². The first-order chi connectivity index (χ1) is 12.7. The molecular weight excluding hydrogens is 342 g/mol. The predicted molar refractivity (Wildman–Crippen MR) is 108 cm³/mol. The van der Waals surface area contributed by atoms with Crippen molar-refractivity contribution in [2.45, 2.75) is 38.1 Å². The average Bonchev–Trinajstić information content (AvgIpc) is 3.16. The van der Waals surface area contributed by atoms with Crippen LogP contribution >= 0.6 is 11.3 Å². The van der Waals surface area contributed by atoms with Gasteiger partial charge in [-0.25, -0.2) is 4.98 Å². The highest BCUT2D eigenvalue weighted by molar-refractivity contribution is 7.14. The Balaban J connectivity index is 1.51. The third kappa shape index (κ3) is 3.44. The van der Waals surface area contributed by atoms with Crippen LogP contribution in [0.2, 0.25) is 0 Å². The van der Waals surface area contributed by atoms with Crippen molar-refractivity contribution < 1.29 is 4.79 Å². The Labute approximate surface area is 157 Å². The van der Waals surface area contributed by atoms with Gasteiger partial charge in [0, 0.05) is 29.5 Å². The SMILES string of the molecule is CN(C(=O)c1csc(Nc2cccc3ccccc23)n1)C1CCCCC1. The highest BCUT2D eigenvalue weighted by Gasteiger charge is 2.24. The summed E-state index contributed by atoms with van der Waals surface area (Å²) in [6, 6.07) is 14.8. The molecule has 1 aromatic heterocycles. The third-order valence-electron chi connectivity index (χ3n) is 5.20. The van der Waals surface area contributed by atoms with Crippen LogP contribution in [0, 0.1) is 0 Å². The Morgan fingerprint density at radius 3 is 2.73 bits per heavy atom. The fourth-order valence-electron chi connectivity index (χ4n) is 3.69. The highest BCUT2D eigenvalue weighted by atomic mass is 32.1. The van der Waals surface area contributed by atoms with Gasteiger partial charge in [-0.05, 0) is 24.3 Å². The first-order valence-corrected chi connectivity index (χ1v) is 10.1. The maximum Gasteiger partial charge on any atom is 0.273 e. The highest BCUT2D eigenvalue weighted by Crippen LogP contribution is 2.29. The summed E-state index contributed by atoms with van der Waals surface area (Å²) < 4.78 is 0. The molecule has 26 heavy (non-hydrogen) atoms. The summed E-state index contributed by atoms with van der Waals surface area (Å²) in [6.45, 7) is 0. The van der Waals surface area contributed by atoms with Crippen LogP contribution < -0.4 is 5.32 Å². The number of amides is 1. The molecule has 5 heteroatoms. The lowest BCUT2D eigenvalue weighted by atomic mass is 9.94. The molecule has 4 rings (SSSR count). The van der Waals surface area contributed by atoms with Crippen molar-refractivity contribution in [3.63, 3.8) is 0 Å². The normalized spacial score (nSPS) is 15.1.